The molecule has 1 aliphatic heterocycles. The number of benzene rings is 2. The monoisotopic (exact) mass is 528 g/mol. The Morgan fingerprint density at radius 2 is 1.67 bits per heavy atom. The summed E-state index contributed by atoms with van der Waals surface area (Å²) in [6.07, 6.45) is -4.82. The predicted molar refractivity (Wildman–Crippen MR) is 120 cm³/mol. The molecule has 2 aromatic carbocycles. The number of carbonyl (C=O) groups is 3. The van der Waals surface area contributed by atoms with Gasteiger partial charge in [-0.1, -0.05) is 11.6 Å². The van der Waals surface area contributed by atoms with Crippen molar-refractivity contribution < 1.29 is 36.3 Å². The first-order valence-electron chi connectivity index (χ1n) is 10.2. The summed E-state index contributed by atoms with van der Waals surface area (Å²) in [5.41, 5.74) is -1.22. The lowest BCUT2D eigenvalue weighted by Crippen LogP contribution is -2.36. The summed E-state index contributed by atoms with van der Waals surface area (Å²) < 4.78 is 65.5. The number of alkyl halides is 3. The predicted octanol–water partition coefficient (Wildman–Crippen LogP) is 4.37. The first-order valence-corrected chi connectivity index (χ1v) is 10.6. The molecule has 0 bridgehead atoms. The second kappa shape index (κ2) is 10.8. The molecule has 190 valence electrons. The number of amides is 3. The Morgan fingerprint density at radius 1 is 1.00 bits per heavy atom. The average molecular weight is 529 g/mol. The van der Waals surface area contributed by atoms with Gasteiger partial charge < -0.3 is 20.5 Å². The summed E-state index contributed by atoms with van der Waals surface area (Å²) in [5.74, 6) is -3.31. The van der Waals surface area contributed by atoms with Crippen LogP contribution in [0, 0.1) is 11.6 Å². The third-order valence-corrected chi connectivity index (χ3v) is 5.21. The largest absolute Gasteiger partial charge is 0.416 e. The minimum absolute atomic E-state index is 0.00237. The number of hydrogen-bond donors (Lipinski definition) is 3. The van der Waals surface area contributed by atoms with Crippen LogP contribution in [0.3, 0.4) is 0 Å². The van der Waals surface area contributed by atoms with E-state index < -0.39 is 34.9 Å². The molecule has 3 amide bonds. The molecule has 0 aliphatic carbocycles. The van der Waals surface area contributed by atoms with Crippen LogP contribution in [0.1, 0.15) is 32.1 Å². The zero-order valence-corrected chi connectivity index (χ0v) is 19.2. The zero-order valence-electron chi connectivity index (χ0n) is 18.5. The maximum absolute atomic E-state index is 13.5. The van der Waals surface area contributed by atoms with Crippen molar-refractivity contribution in [1.82, 2.24) is 15.2 Å². The molecule has 13 heteroatoms. The van der Waals surface area contributed by atoms with E-state index in [0.717, 1.165) is 0 Å². The van der Waals surface area contributed by atoms with Crippen molar-refractivity contribution in [3.63, 3.8) is 0 Å². The molecule has 7 nitrogen and oxygen atoms in total. The fourth-order valence-corrected chi connectivity index (χ4v) is 3.40. The molecule has 0 fully saturated rings. The number of anilines is 1. The van der Waals surface area contributed by atoms with E-state index in [1.807, 2.05) is 0 Å². The van der Waals surface area contributed by atoms with Gasteiger partial charge in [0.05, 0.1) is 23.5 Å². The van der Waals surface area contributed by atoms with E-state index in [-0.39, 0.29) is 42.3 Å². The minimum atomic E-state index is -4.82. The van der Waals surface area contributed by atoms with E-state index in [4.69, 9.17) is 11.6 Å². The van der Waals surface area contributed by atoms with Gasteiger partial charge in [-0.05, 0) is 48.5 Å². The first kappa shape index (κ1) is 26.7. The van der Waals surface area contributed by atoms with Gasteiger partial charge in [0, 0.05) is 17.6 Å². The smallest absolute Gasteiger partial charge is 0.354 e. The van der Waals surface area contributed by atoms with E-state index in [1.54, 1.807) is 0 Å². The summed E-state index contributed by atoms with van der Waals surface area (Å²) in [6, 6.07) is 8.46. The zero-order chi connectivity index (χ0) is 26.6. The highest BCUT2D eigenvalue weighted by Gasteiger charge is 2.32. The summed E-state index contributed by atoms with van der Waals surface area (Å²) in [6.45, 7) is -0.158. The highest BCUT2D eigenvalue weighted by atomic mass is 35.5. The van der Waals surface area contributed by atoms with Crippen molar-refractivity contribution in [1.29, 1.82) is 0 Å². The standard InChI is InChI=1S/C17H14F4N4O3.C6H4ClF/c1-22-16(28)12-5-11(13-6-23-14(26)7-25(12)13)24-15(27)8-2-9(17(19,20)21)4-10(18)3-8;7-5-1-3-6(8)4-2-5/h2-5H,6-7H2,1H3,(H,22,28)(H,23,26)(H,24,27);1-4H. The van der Waals surface area contributed by atoms with E-state index in [0.29, 0.717) is 22.8 Å². The molecule has 0 spiro atoms. The Bertz CT molecular complexity index is 1290. The van der Waals surface area contributed by atoms with Crippen molar-refractivity contribution >= 4 is 35.0 Å². The van der Waals surface area contributed by atoms with Crippen LogP contribution in [0.15, 0.2) is 48.5 Å². The average Bonchev–Trinajstić information content (AvgIpc) is 3.17. The van der Waals surface area contributed by atoms with E-state index in [1.165, 1.54) is 41.9 Å². The molecule has 3 aromatic rings. The SMILES string of the molecule is CNC(=O)c1cc(NC(=O)c2cc(F)cc(C(F)(F)F)c2)c2n1CC(=O)NC2.Fc1ccc(Cl)cc1. The molecular formula is C23H18ClF5N4O3. The molecule has 0 unspecified atom stereocenters. The maximum atomic E-state index is 13.5. The highest BCUT2D eigenvalue weighted by molar-refractivity contribution is 6.30. The lowest BCUT2D eigenvalue weighted by atomic mass is 10.1. The molecular weight excluding hydrogens is 511 g/mol. The second-order valence-corrected chi connectivity index (χ2v) is 7.89. The third-order valence-electron chi connectivity index (χ3n) is 4.96. The number of carbonyl (C=O) groups excluding carboxylic acids is 3. The van der Waals surface area contributed by atoms with E-state index in [2.05, 4.69) is 16.0 Å². The molecule has 0 saturated carbocycles. The summed E-state index contributed by atoms with van der Waals surface area (Å²) >= 11 is 5.44. The molecule has 0 radical (unpaired) electrons. The van der Waals surface area contributed by atoms with Gasteiger partial charge in [-0.25, -0.2) is 8.78 Å². The van der Waals surface area contributed by atoms with Crippen LogP contribution in [-0.2, 0) is 24.1 Å². The Balaban J connectivity index is 0.000000383. The van der Waals surface area contributed by atoms with Gasteiger partial charge in [0.2, 0.25) is 5.91 Å². The van der Waals surface area contributed by atoms with Gasteiger partial charge in [0.25, 0.3) is 11.8 Å². The van der Waals surface area contributed by atoms with E-state index in [9.17, 15) is 36.3 Å². The lowest BCUT2D eigenvalue weighted by Gasteiger charge is -2.19. The van der Waals surface area contributed by atoms with Gasteiger partial charge in [0.15, 0.2) is 0 Å². The fraction of sp³-hybridized carbons (Fsp3) is 0.174. The third kappa shape index (κ3) is 6.39. The Morgan fingerprint density at radius 3 is 2.25 bits per heavy atom. The number of aromatic nitrogens is 1. The van der Waals surface area contributed by atoms with Crippen LogP contribution in [0.2, 0.25) is 5.02 Å². The van der Waals surface area contributed by atoms with Gasteiger partial charge >= 0.3 is 6.18 Å². The molecule has 0 atom stereocenters. The van der Waals surface area contributed by atoms with Crippen LogP contribution < -0.4 is 16.0 Å². The van der Waals surface area contributed by atoms with Crippen LogP contribution in [0.5, 0.6) is 0 Å². The van der Waals surface area contributed by atoms with Crippen LogP contribution in [0.4, 0.5) is 27.6 Å². The number of halogens is 6. The van der Waals surface area contributed by atoms with Crippen LogP contribution in [-0.4, -0.2) is 29.3 Å². The lowest BCUT2D eigenvalue weighted by molar-refractivity contribution is -0.137. The molecule has 0 saturated heterocycles. The molecule has 3 N–H and O–H groups in total. The van der Waals surface area contributed by atoms with Gasteiger partial charge in [-0.15, -0.1) is 0 Å². The number of hydrogen-bond acceptors (Lipinski definition) is 3. The number of rotatable bonds is 3. The normalized spacial score (nSPS) is 12.6. The van der Waals surface area contributed by atoms with Crippen LogP contribution in [0.25, 0.3) is 0 Å². The van der Waals surface area contributed by atoms with Crippen molar-refractivity contribution in [2.75, 3.05) is 12.4 Å². The molecule has 36 heavy (non-hydrogen) atoms. The van der Waals surface area contributed by atoms with Crippen LogP contribution >= 0.6 is 11.6 Å². The summed E-state index contributed by atoms with van der Waals surface area (Å²) in [7, 11) is 1.38. The van der Waals surface area contributed by atoms with Crippen molar-refractivity contribution in [2.45, 2.75) is 19.3 Å². The van der Waals surface area contributed by atoms with Crippen molar-refractivity contribution in [3.05, 3.63) is 87.7 Å². The Labute approximate surface area is 206 Å². The Hall–Kier alpha value is -3.93. The number of nitrogens with zero attached hydrogens (tertiary/aromatic N) is 1. The molecule has 1 aliphatic rings. The summed E-state index contributed by atoms with van der Waals surface area (Å²) in [4.78, 5) is 36.0. The fourth-order valence-electron chi connectivity index (χ4n) is 3.27. The molecule has 1 aromatic heterocycles. The van der Waals surface area contributed by atoms with Gasteiger partial charge in [0.1, 0.15) is 23.9 Å². The Kier molecular flexibility index (Phi) is 7.98. The maximum Gasteiger partial charge on any atom is 0.416 e. The topological polar surface area (TPSA) is 92.2 Å². The summed E-state index contributed by atoms with van der Waals surface area (Å²) in [5, 5.41) is 7.89. The van der Waals surface area contributed by atoms with Crippen molar-refractivity contribution in [2.24, 2.45) is 0 Å². The quantitative estimate of drug-likeness (QED) is 0.441. The van der Waals surface area contributed by atoms with Gasteiger partial charge in [-0.3, -0.25) is 14.4 Å². The van der Waals surface area contributed by atoms with Gasteiger partial charge in [-0.2, -0.15) is 13.2 Å². The minimum Gasteiger partial charge on any atom is -0.354 e. The van der Waals surface area contributed by atoms with Crippen molar-refractivity contribution in [3.8, 4) is 0 Å². The molecule has 2 heterocycles. The second-order valence-electron chi connectivity index (χ2n) is 7.45. The number of nitrogens with one attached hydrogen (secondary N) is 3. The first-order chi connectivity index (χ1) is 16.9. The number of fused-ring (bicyclic) bond motifs is 1. The highest BCUT2D eigenvalue weighted by Crippen LogP contribution is 2.31. The molecule has 4 rings (SSSR count). The van der Waals surface area contributed by atoms with E-state index >= 15 is 0 Å².